The highest BCUT2D eigenvalue weighted by atomic mass is 16.5. The minimum absolute atomic E-state index is 0.0859. The number of amides is 2. The van der Waals surface area contributed by atoms with Crippen molar-refractivity contribution < 1.29 is 23.9 Å². The molecule has 0 spiro atoms. The standard InChI is InChI=1S/C21H21NO5/c1-3-4-10-22-19(23)17-9-8-15(12-18(17)20(22)24)21(25)27-13-14-6-5-7-16(11-14)26-2/h5-9,11-12H,3-4,10,13H2,1-2H3. The van der Waals surface area contributed by atoms with E-state index in [1.54, 1.807) is 19.2 Å². The van der Waals surface area contributed by atoms with Crippen LogP contribution in [0.2, 0.25) is 0 Å². The first-order valence-electron chi connectivity index (χ1n) is 8.85. The molecule has 0 fully saturated rings. The van der Waals surface area contributed by atoms with Crippen molar-refractivity contribution >= 4 is 17.8 Å². The molecular formula is C21H21NO5. The van der Waals surface area contributed by atoms with E-state index in [-0.39, 0.29) is 29.5 Å². The summed E-state index contributed by atoms with van der Waals surface area (Å²) in [6.07, 6.45) is 1.64. The van der Waals surface area contributed by atoms with E-state index in [0.29, 0.717) is 17.9 Å². The van der Waals surface area contributed by atoms with E-state index in [1.165, 1.54) is 23.1 Å². The third-order valence-corrected chi connectivity index (χ3v) is 4.45. The average molecular weight is 367 g/mol. The van der Waals surface area contributed by atoms with Crippen molar-refractivity contribution in [1.29, 1.82) is 0 Å². The number of carbonyl (C=O) groups excluding carboxylic acids is 3. The number of unbranched alkanes of at least 4 members (excludes halogenated alkanes) is 1. The number of fused-ring (bicyclic) bond motifs is 1. The zero-order valence-electron chi connectivity index (χ0n) is 15.4. The van der Waals surface area contributed by atoms with Crippen LogP contribution in [0.15, 0.2) is 42.5 Å². The molecule has 3 rings (SSSR count). The van der Waals surface area contributed by atoms with E-state index in [2.05, 4.69) is 0 Å². The van der Waals surface area contributed by atoms with Gasteiger partial charge in [-0.3, -0.25) is 14.5 Å². The number of imide groups is 1. The molecule has 6 nitrogen and oxygen atoms in total. The van der Waals surface area contributed by atoms with Gasteiger partial charge in [-0.05, 0) is 42.3 Å². The third kappa shape index (κ3) is 3.84. The Bertz CT molecular complexity index is 890. The lowest BCUT2D eigenvalue weighted by molar-refractivity contribution is 0.0472. The minimum Gasteiger partial charge on any atom is -0.497 e. The molecule has 0 N–H and O–H groups in total. The number of carbonyl (C=O) groups is 3. The summed E-state index contributed by atoms with van der Waals surface area (Å²) in [5.74, 6) is -0.532. The molecular weight excluding hydrogens is 346 g/mol. The second kappa shape index (κ2) is 8.03. The van der Waals surface area contributed by atoms with Crippen molar-refractivity contribution in [3.63, 3.8) is 0 Å². The Morgan fingerprint density at radius 2 is 1.81 bits per heavy atom. The predicted molar refractivity (Wildman–Crippen MR) is 98.8 cm³/mol. The maximum atomic E-state index is 12.5. The second-order valence-corrected chi connectivity index (χ2v) is 6.30. The number of nitrogens with zero attached hydrogens (tertiary/aromatic N) is 1. The van der Waals surface area contributed by atoms with E-state index >= 15 is 0 Å². The Hall–Kier alpha value is -3.15. The fourth-order valence-electron chi connectivity index (χ4n) is 2.93. The fraction of sp³-hybridized carbons (Fsp3) is 0.286. The van der Waals surface area contributed by atoms with E-state index in [9.17, 15) is 14.4 Å². The number of rotatable bonds is 7. The molecule has 1 heterocycles. The van der Waals surface area contributed by atoms with Crippen LogP contribution in [0.25, 0.3) is 0 Å². The fourth-order valence-corrected chi connectivity index (χ4v) is 2.93. The van der Waals surface area contributed by atoms with Gasteiger partial charge in [0.05, 0.1) is 23.8 Å². The molecule has 140 valence electrons. The smallest absolute Gasteiger partial charge is 0.338 e. The van der Waals surface area contributed by atoms with Crippen molar-refractivity contribution in [1.82, 2.24) is 4.90 Å². The first-order chi connectivity index (χ1) is 13.0. The molecule has 0 unspecified atom stereocenters. The summed E-state index contributed by atoms with van der Waals surface area (Å²) < 4.78 is 10.5. The van der Waals surface area contributed by atoms with Gasteiger partial charge in [-0.25, -0.2) is 4.79 Å². The average Bonchev–Trinajstić information content (AvgIpc) is 2.94. The van der Waals surface area contributed by atoms with Gasteiger partial charge in [0.1, 0.15) is 12.4 Å². The number of benzene rings is 2. The Morgan fingerprint density at radius 3 is 2.56 bits per heavy atom. The monoisotopic (exact) mass is 367 g/mol. The quantitative estimate of drug-likeness (QED) is 0.554. The number of methoxy groups -OCH3 is 1. The van der Waals surface area contributed by atoms with Gasteiger partial charge < -0.3 is 9.47 Å². The highest BCUT2D eigenvalue weighted by Gasteiger charge is 2.35. The highest BCUT2D eigenvalue weighted by Crippen LogP contribution is 2.25. The van der Waals surface area contributed by atoms with Crippen molar-refractivity contribution in [2.75, 3.05) is 13.7 Å². The molecule has 0 bridgehead atoms. The predicted octanol–water partition coefficient (Wildman–Crippen LogP) is 3.45. The van der Waals surface area contributed by atoms with Crippen LogP contribution in [0.1, 0.15) is 56.4 Å². The van der Waals surface area contributed by atoms with Crippen LogP contribution >= 0.6 is 0 Å². The summed E-state index contributed by atoms with van der Waals surface area (Å²) in [5.41, 5.74) is 1.63. The molecule has 1 aliphatic heterocycles. The number of hydrogen-bond donors (Lipinski definition) is 0. The van der Waals surface area contributed by atoms with Crippen LogP contribution in [0, 0.1) is 0 Å². The van der Waals surface area contributed by atoms with Crippen molar-refractivity contribution in [2.45, 2.75) is 26.4 Å². The summed E-state index contributed by atoms with van der Waals surface area (Å²) in [4.78, 5) is 38.4. The Labute approximate surface area is 157 Å². The highest BCUT2D eigenvalue weighted by molar-refractivity contribution is 6.21. The van der Waals surface area contributed by atoms with Crippen molar-refractivity contribution in [3.05, 3.63) is 64.7 Å². The Morgan fingerprint density at radius 1 is 1.04 bits per heavy atom. The number of esters is 1. The number of hydrogen-bond acceptors (Lipinski definition) is 5. The van der Waals surface area contributed by atoms with Gasteiger partial charge in [-0.1, -0.05) is 25.5 Å². The molecule has 0 radical (unpaired) electrons. The largest absolute Gasteiger partial charge is 0.497 e. The lowest BCUT2D eigenvalue weighted by Crippen LogP contribution is -2.30. The van der Waals surface area contributed by atoms with Gasteiger partial charge in [0.15, 0.2) is 0 Å². The topological polar surface area (TPSA) is 72.9 Å². The lowest BCUT2D eigenvalue weighted by Gasteiger charge is -2.12. The SMILES string of the molecule is CCCCN1C(=O)c2ccc(C(=O)OCc3cccc(OC)c3)cc2C1=O. The van der Waals surface area contributed by atoms with Crippen LogP contribution in [0.4, 0.5) is 0 Å². The molecule has 2 aromatic rings. The zero-order valence-corrected chi connectivity index (χ0v) is 15.4. The van der Waals surface area contributed by atoms with Crippen LogP contribution in [0.3, 0.4) is 0 Å². The van der Waals surface area contributed by atoms with Gasteiger partial charge in [-0.2, -0.15) is 0 Å². The molecule has 0 saturated carbocycles. The van der Waals surface area contributed by atoms with Gasteiger partial charge >= 0.3 is 5.97 Å². The zero-order chi connectivity index (χ0) is 19.4. The van der Waals surface area contributed by atoms with Crippen LogP contribution in [-0.4, -0.2) is 36.3 Å². The van der Waals surface area contributed by atoms with E-state index in [1.807, 2.05) is 19.1 Å². The van der Waals surface area contributed by atoms with E-state index in [0.717, 1.165) is 18.4 Å². The van der Waals surface area contributed by atoms with E-state index in [4.69, 9.17) is 9.47 Å². The van der Waals surface area contributed by atoms with Gasteiger partial charge in [-0.15, -0.1) is 0 Å². The second-order valence-electron chi connectivity index (χ2n) is 6.30. The molecule has 0 saturated heterocycles. The summed E-state index contributed by atoms with van der Waals surface area (Å²) >= 11 is 0. The molecule has 2 amide bonds. The summed E-state index contributed by atoms with van der Waals surface area (Å²) in [6.45, 7) is 2.47. The van der Waals surface area contributed by atoms with Crippen LogP contribution in [0.5, 0.6) is 5.75 Å². The van der Waals surface area contributed by atoms with Crippen molar-refractivity contribution in [2.24, 2.45) is 0 Å². The summed E-state index contributed by atoms with van der Waals surface area (Å²) in [5, 5.41) is 0. The van der Waals surface area contributed by atoms with Crippen LogP contribution in [-0.2, 0) is 11.3 Å². The molecule has 6 heteroatoms. The maximum absolute atomic E-state index is 12.5. The third-order valence-electron chi connectivity index (χ3n) is 4.45. The molecule has 0 atom stereocenters. The maximum Gasteiger partial charge on any atom is 0.338 e. The molecule has 2 aromatic carbocycles. The van der Waals surface area contributed by atoms with Crippen LogP contribution < -0.4 is 4.74 Å². The first kappa shape index (κ1) is 18.6. The molecule has 0 aliphatic carbocycles. The molecule has 27 heavy (non-hydrogen) atoms. The van der Waals surface area contributed by atoms with Gasteiger partial charge in [0.2, 0.25) is 0 Å². The van der Waals surface area contributed by atoms with E-state index < -0.39 is 5.97 Å². The summed E-state index contributed by atoms with van der Waals surface area (Å²) in [7, 11) is 1.57. The Balaban J connectivity index is 1.72. The van der Waals surface area contributed by atoms with Crippen molar-refractivity contribution in [3.8, 4) is 5.75 Å². The molecule has 0 aromatic heterocycles. The van der Waals surface area contributed by atoms with Gasteiger partial charge in [0, 0.05) is 6.54 Å². The molecule has 1 aliphatic rings. The lowest BCUT2D eigenvalue weighted by atomic mass is 10.1. The normalized spacial score (nSPS) is 12.9. The number of ether oxygens (including phenoxy) is 2. The minimum atomic E-state index is -0.548. The summed E-state index contributed by atoms with van der Waals surface area (Å²) in [6, 6.07) is 11.7. The van der Waals surface area contributed by atoms with Gasteiger partial charge in [0.25, 0.3) is 11.8 Å². The Kier molecular flexibility index (Phi) is 5.54. The first-order valence-corrected chi connectivity index (χ1v) is 8.85.